The summed E-state index contributed by atoms with van der Waals surface area (Å²) >= 11 is 0. The van der Waals surface area contributed by atoms with Crippen molar-refractivity contribution >= 4 is 5.78 Å². The van der Waals surface area contributed by atoms with Gasteiger partial charge in [0, 0.05) is 6.42 Å². The molecule has 0 saturated heterocycles. The van der Waals surface area contributed by atoms with E-state index in [2.05, 4.69) is 0 Å². The molecule has 1 aromatic rings. The Bertz CT molecular complexity index is 450. The van der Waals surface area contributed by atoms with E-state index in [1.54, 1.807) is 0 Å². The highest BCUT2D eigenvalue weighted by Crippen LogP contribution is 2.35. The summed E-state index contributed by atoms with van der Waals surface area (Å²) in [5.74, 6) is -0.0924. The molecule has 2 nitrogen and oxygen atoms in total. The molecule has 0 spiro atoms. The van der Waals surface area contributed by atoms with Gasteiger partial charge < -0.3 is 4.74 Å². The van der Waals surface area contributed by atoms with E-state index in [4.69, 9.17) is 4.74 Å². The van der Waals surface area contributed by atoms with Crippen molar-refractivity contribution < 1.29 is 13.9 Å². The average Bonchev–Trinajstić information content (AvgIpc) is 2.22. The zero-order valence-corrected chi connectivity index (χ0v) is 9.76. The molecule has 0 saturated carbocycles. The van der Waals surface area contributed by atoms with Crippen LogP contribution in [0.5, 0.6) is 5.75 Å². The number of ether oxygens (including phenoxy) is 1. The van der Waals surface area contributed by atoms with Crippen molar-refractivity contribution in [2.24, 2.45) is 0 Å². The molecular weight excluding hydrogens is 207 g/mol. The maximum absolute atomic E-state index is 13.8. The number of benzene rings is 1. The molecule has 1 heterocycles. The normalized spacial score (nSPS) is 14.9. The van der Waals surface area contributed by atoms with Crippen LogP contribution in [-0.2, 0) is 0 Å². The zero-order chi connectivity index (χ0) is 11.9. The summed E-state index contributed by atoms with van der Waals surface area (Å²) < 4.78 is 19.0. The van der Waals surface area contributed by atoms with E-state index in [9.17, 15) is 9.18 Å². The van der Waals surface area contributed by atoms with Crippen LogP contribution in [0.1, 0.15) is 47.7 Å². The van der Waals surface area contributed by atoms with Gasteiger partial charge in [-0.15, -0.1) is 0 Å². The van der Waals surface area contributed by atoms with Crippen molar-refractivity contribution in [1.82, 2.24) is 0 Å². The highest BCUT2D eigenvalue weighted by molar-refractivity contribution is 6.01. The molecular formula is C13H15FO2. The molecule has 0 fully saturated rings. The van der Waals surface area contributed by atoms with E-state index >= 15 is 0 Å². The second-order valence-corrected chi connectivity index (χ2v) is 4.45. The van der Waals surface area contributed by atoms with Gasteiger partial charge in [0.25, 0.3) is 0 Å². The lowest BCUT2D eigenvalue weighted by molar-refractivity contribution is 0.0928. The van der Waals surface area contributed by atoms with Gasteiger partial charge >= 0.3 is 0 Å². The second-order valence-electron chi connectivity index (χ2n) is 4.45. The van der Waals surface area contributed by atoms with Gasteiger partial charge in [0.2, 0.25) is 0 Å². The van der Waals surface area contributed by atoms with Crippen LogP contribution >= 0.6 is 0 Å². The summed E-state index contributed by atoms with van der Waals surface area (Å²) in [5.41, 5.74) is 2.18. The summed E-state index contributed by atoms with van der Waals surface area (Å²) in [5, 5.41) is 0. The Labute approximate surface area is 94.4 Å². The van der Waals surface area contributed by atoms with E-state index in [-0.39, 0.29) is 24.1 Å². The minimum Gasteiger partial charge on any atom is -0.489 e. The van der Waals surface area contributed by atoms with Crippen molar-refractivity contribution in [2.45, 2.75) is 33.1 Å². The monoisotopic (exact) mass is 222 g/mol. The molecule has 16 heavy (non-hydrogen) atoms. The quantitative estimate of drug-likeness (QED) is 0.729. The van der Waals surface area contributed by atoms with Crippen molar-refractivity contribution in [3.8, 4) is 5.75 Å². The number of rotatable bonds is 1. The Balaban J connectivity index is 2.69. The number of ketones is 1. The van der Waals surface area contributed by atoms with Crippen LogP contribution in [-0.4, -0.2) is 12.4 Å². The van der Waals surface area contributed by atoms with Gasteiger partial charge in [-0.2, -0.15) is 0 Å². The van der Waals surface area contributed by atoms with E-state index in [0.717, 1.165) is 11.1 Å². The first kappa shape index (κ1) is 11.1. The van der Waals surface area contributed by atoms with Gasteiger partial charge in [-0.1, -0.05) is 13.8 Å². The molecule has 86 valence electrons. The van der Waals surface area contributed by atoms with Crippen molar-refractivity contribution in [3.63, 3.8) is 0 Å². The van der Waals surface area contributed by atoms with Crippen molar-refractivity contribution in [2.75, 3.05) is 6.61 Å². The second kappa shape index (κ2) is 3.89. The average molecular weight is 222 g/mol. The molecule has 1 aliphatic rings. The molecule has 1 aliphatic heterocycles. The molecule has 0 bridgehead atoms. The molecule has 3 heteroatoms. The number of carbonyl (C=O) groups excluding carboxylic acids is 1. The molecule has 1 aromatic carbocycles. The molecule has 0 radical (unpaired) electrons. The Morgan fingerprint density at radius 3 is 2.75 bits per heavy atom. The van der Waals surface area contributed by atoms with Gasteiger partial charge in [0.15, 0.2) is 17.3 Å². The van der Waals surface area contributed by atoms with Crippen LogP contribution in [0, 0.1) is 12.7 Å². The smallest absolute Gasteiger partial charge is 0.170 e. The number of Topliss-reactive ketones (excluding diaryl/α,β-unsaturated/α-hetero) is 1. The first-order chi connectivity index (χ1) is 7.52. The molecule has 0 aromatic heterocycles. The predicted octanol–water partition coefficient (Wildman–Crippen LogP) is 3.22. The first-order valence-electron chi connectivity index (χ1n) is 5.51. The number of hydrogen-bond donors (Lipinski definition) is 0. The largest absolute Gasteiger partial charge is 0.489 e. The van der Waals surface area contributed by atoms with Gasteiger partial charge in [-0.3, -0.25) is 4.79 Å². The zero-order valence-electron chi connectivity index (χ0n) is 9.76. The molecule has 0 amide bonds. The van der Waals surface area contributed by atoms with E-state index in [1.807, 2.05) is 20.8 Å². The fourth-order valence-electron chi connectivity index (χ4n) is 2.19. The minimum absolute atomic E-state index is 0.0137. The third-order valence-electron chi connectivity index (χ3n) is 3.01. The van der Waals surface area contributed by atoms with Crippen LogP contribution in [0.15, 0.2) is 6.07 Å². The lowest BCUT2D eigenvalue weighted by Crippen LogP contribution is -2.19. The fourth-order valence-corrected chi connectivity index (χ4v) is 2.19. The summed E-state index contributed by atoms with van der Waals surface area (Å²) in [6.07, 6.45) is 0.342. The van der Waals surface area contributed by atoms with Crippen molar-refractivity contribution in [1.29, 1.82) is 0 Å². The highest BCUT2D eigenvalue weighted by atomic mass is 19.1. The Morgan fingerprint density at radius 2 is 2.12 bits per heavy atom. The third-order valence-corrected chi connectivity index (χ3v) is 3.01. The first-order valence-corrected chi connectivity index (χ1v) is 5.51. The summed E-state index contributed by atoms with van der Waals surface area (Å²) in [4.78, 5) is 11.8. The van der Waals surface area contributed by atoms with Crippen LogP contribution in [0.2, 0.25) is 0 Å². The molecule has 0 aliphatic carbocycles. The Kier molecular flexibility index (Phi) is 2.70. The number of carbonyl (C=O) groups is 1. The summed E-state index contributed by atoms with van der Waals surface area (Å²) in [6, 6.07) is 1.48. The Hall–Kier alpha value is -1.38. The third kappa shape index (κ3) is 1.60. The molecule has 0 N–H and O–H groups in total. The number of hydrogen-bond acceptors (Lipinski definition) is 2. The number of halogens is 1. The lowest BCUT2D eigenvalue weighted by atomic mass is 9.90. The topological polar surface area (TPSA) is 26.3 Å². The van der Waals surface area contributed by atoms with Crippen LogP contribution in [0.4, 0.5) is 4.39 Å². The fraction of sp³-hybridized carbons (Fsp3) is 0.462. The Morgan fingerprint density at radius 1 is 1.44 bits per heavy atom. The summed E-state index contributed by atoms with van der Waals surface area (Å²) in [6.45, 7) is 6.12. The molecule has 2 rings (SSSR count). The van der Waals surface area contributed by atoms with Crippen molar-refractivity contribution in [3.05, 3.63) is 28.6 Å². The van der Waals surface area contributed by atoms with Gasteiger partial charge in [0.1, 0.15) is 0 Å². The molecule has 0 unspecified atom stereocenters. The van der Waals surface area contributed by atoms with E-state index in [0.29, 0.717) is 12.0 Å². The van der Waals surface area contributed by atoms with Gasteiger partial charge in [-0.05, 0) is 30.0 Å². The molecule has 0 atom stereocenters. The van der Waals surface area contributed by atoms with E-state index in [1.165, 1.54) is 6.07 Å². The van der Waals surface area contributed by atoms with Gasteiger partial charge in [-0.25, -0.2) is 4.39 Å². The van der Waals surface area contributed by atoms with Gasteiger partial charge in [0.05, 0.1) is 12.2 Å². The lowest BCUT2D eigenvalue weighted by Gasteiger charge is -2.22. The van der Waals surface area contributed by atoms with Crippen LogP contribution < -0.4 is 4.74 Å². The SMILES string of the molecule is Cc1c(C(C)C)cc(F)c2c1C(=O)CCO2. The minimum atomic E-state index is -0.419. The van der Waals surface area contributed by atoms with E-state index < -0.39 is 5.82 Å². The van der Waals surface area contributed by atoms with Crippen LogP contribution in [0.3, 0.4) is 0 Å². The maximum Gasteiger partial charge on any atom is 0.170 e. The predicted molar refractivity (Wildman–Crippen MR) is 59.7 cm³/mol. The van der Waals surface area contributed by atoms with Crippen LogP contribution in [0.25, 0.3) is 0 Å². The standard InChI is InChI=1S/C13H15FO2/c1-7(2)9-6-10(14)13-12(8(9)3)11(15)4-5-16-13/h6-7H,4-5H2,1-3H3. The maximum atomic E-state index is 13.8. The highest BCUT2D eigenvalue weighted by Gasteiger charge is 2.26. The summed E-state index contributed by atoms with van der Waals surface area (Å²) in [7, 11) is 0. The number of fused-ring (bicyclic) bond motifs is 1.